The molecular weight excluding hydrogens is 214 g/mol. The van der Waals surface area contributed by atoms with E-state index in [1.165, 1.54) is 4.68 Å². The molecule has 4 heteroatoms. The maximum atomic E-state index is 12.0. The van der Waals surface area contributed by atoms with Gasteiger partial charge in [0.1, 0.15) is 0 Å². The molecule has 2 aromatic rings. The summed E-state index contributed by atoms with van der Waals surface area (Å²) in [7, 11) is 3.80. The summed E-state index contributed by atoms with van der Waals surface area (Å²) in [5, 5.41) is 4.33. The van der Waals surface area contributed by atoms with Crippen LogP contribution in [-0.2, 0) is 0 Å². The van der Waals surface area contributed by atoms with E-state index in [9.17, 15) is 4.79 Å². The van der Waals surface area contributed by atoms with Gasteiger partial charge in [0, 0.05) is 20.2 Å². The lowest BCUT2D eigenvalue weighted by molar-refractivity contribution is 0.781. The van der Waals surface area contributed by atoms with Crippen molar-refractivity contribution in [1.82, 2.24) is 9.78 Å². The molecule has 1 heterocycles. The van der Waals surface area contributed by atoms with E-state index in [1.807, 2.05) is 56.3 Å². The van der Waals surface area contributed by atoms with Gasteiger partial charge in [-0.15, -0.1) is 0 Å². The molecule has 0 radical (unpaired) electrons. The fourth-order valence-electron chi connectivity index (χ4n) is 1.74. The van der Waals surface area contributed by atoms with Crippen molar-refractivity contribution >= 4 is 5.69 Å². The van der Waals surface area contributed by atoms with Gasteiger partial charge in [0.05, 0.1) is 17.1 Å². The number of hydrogen-bond acceptors (Lipinski definition) is 3. The third kappa shape index (κ3) is 2.20. The first-order valence-corrected chi connectivity index (χ1v) is 5.43. The van der Waals surface area contributed by atoms with Crippen molar-refractivity contribution in [3.63, 3.8) is 0 Å². The highest BCUT2D eigenvalue weighted by Gasteiger charge is 2.07. The molecule has 0 saturated heterocycles. The van der Waals surface area contributed by atoms with Crippen molar-refractivity contribution < 1.29 is 0 Å². The number of hydrogen-bond donors (Lipinski definition) is 0. The molecule has 0 atom stereocenters. The van der Waals surface area contributed by atoms with Gasteiger partial charge in [-0.05, 0) is 19.1 Å². The summed E-state index contributed by atoms with van der Waals surface area (Å²) in [6.07, 6.45) is 0. The van der Waals surface area contributed by atoms with Crippen LogP contribution >= 0.6 is 0 Å². The third-order valence-electron chi connectivity index (χ3n) is 2.57. The van der Waals surface area contributed by atoms with E-state index in [-0.39, 0.29) is 5.56 Å². The average Bonchev–Trinajstić information content (AvgIpc) is 2.32. The van der Waals surface area contributed by atoms with E-state index in [1.54, 1.807) is 6.07 Å². The largest absolute Gasteiger partial charge is 0.376 e. The second-order valence-electron chi connectivity index (χ2n) is 4.10. The fourth-order valence-corrected chi connectivity index (χ4v) is 1.74. The van der Waals surface area contributed by atoms with Crippen molar-refractivity contribution in [3.8, 4) is 5.69 Å². The second-order valence-corrected chi connectivity index (χ2v) is 4.10. The molecule has 88 valence electrons. The molecule has 0 aliphatic rings. The molecule has 0 aliphatic carbocycles. The van der Waals surface area contributed by atoms with E-state index < -0.39 is 0 Å². The lowest BCUT2D eigenvalue weighted by atomic mass is 10.3. The Bertz CT molecular complexity index is 573. The molecule has 0 saturated carbocycles. The Morgan fingerprint density at radius 3 is 2.41 bits per heavy atom. The number of aromatic nitrogens is 2. The summed E-state index contributed by atoms with van der Waals surface area (Å²) < 4.78 is 1.42. The Balaban J connectivity index is 2.59. The van der Waals surface area contributed by atoms with E-state index in [2.05, 4.69) is 5.10 Å². The van der Waals surface area contributed by atoms with Crippen LogP contribution < -0.4 is 10.5 Å². The van der Waals surface area contributed by atoms with Gasteiger partial charge in [0.2, 0.25) is 0 Å². The zero-order valence-electron chi connectivity index (χ0n) is 10.2. The molecule has 1 aromatic carbocycles. The van der Waals surface area contributed by atoms with Crippen molar-refractivity contribution in [2.24, 2.45) is 0 Å². The molecule has 17 heavy (non-hydrogen) atoms. The monoisotopic (exact) mass is 229 g/mol. The van der Waals surface area contributed by atoms with Gasteiger partial charge in [0.25, 0.3) is 5.56 Å². The Kier molecular flexibility index (Phi) is 2.95. The fraction of sp³-hybridized carbons (Fsp3) is 0.231. The van der Waals surface area contributed by atoms with E-state index in [0.29, 0.717) is 0 Å². The third-order valence-corrected chi connectivity index (χ3v) is 2.57. The first-order chi connectivity index (χ1) is 8.09. The summed E-state index contributed by atoms with van der Waals surface area (Å²) in [6.45, 7) is 1.90. The van der Waals surface area contributed by atoms with Crippen molar-refractivity contribution in [2.45, 2.75) is 6.92 Å². The van der Waals surface area contributed by atoms with Gasteiger partial charge in [-0.2, -0.15) is 9.78 Å². The minimum absolute atomic E-state index is 0.120. The minimum Gasteiger partial charge on any atom is -0.376 e. The first-order valence-electron chi connectivity index (χ1n) is 5.43. The predicted molar refractivity (Wildman–Crippen MR) is 68.9 cm³/mol. The first kappa shape index (κ1) is 11.4. The second kappa shape index (κ2) is 4.41. The van der Waals surface area contributed by atoms with Crippen LogP contribution in [0.4, 0.5) is 5.69 Å². The van der Waals surface area contributed by atoms with Crippen LogP contribution in [0, 0.1) is 6.92 Å². The van der Waals surface area contributed by atoms with Crippen LogP contribution in [0.2, 0.25) is 0 Å². The zero-order chi connectivity index (χ0) is 12.4. The molecule has 0 amide bonds. The Labute approximate surface area is 100 Å². The van der Waals surface area contributed by atoms with E-state index in [0.717, 1.165) is 17.1 Å². The lowest BCUT2D eigenvalue weighted by Gasteiger charge is -2.15. The highest BCUT2D eigenvalue weighted by atomic mass is 16.1. The summed E-state index contributed by atoms with van der Waals surface area (Å²) in [5.74, 6) is 0. The van der Waals surface area contributed by atoms with Crippen LogP contribution in [0.15, 0.2) is 41.2 Å². The zero-order valence-corrected chi connectivity index (χ0v) is 10.2. The van der Waals surface area contributed by atoms with Gasteiger partial charge in [0.15, 0.2) is 0 Å². The topological polar surface area (TPSA) is 38.1 Å². The summed E-state index contributed by atoms with van der Waals surface area (Å²) >= 11 is 0. The van der Waals surface area contributed by atoms with Crippen LogP contribution in [-0.4, -0.2) is 23.9 Å². The molecule has 0 fully saturated rings. The summed E-state index contributed by atoms with van der Waals surface area (Å²) in [6, 6.07) is 11.0. The maximum Gasteiger partial charge on any atom is 0.273 e. The van der Waals surface area contributed by atoms with Gasteiger partial charge >= 0.3 is 0 Å². The van der Waals surface area contributed by atoms with Gasteiger partial charge in [-0.3, -0.25) is 4.79 Å². The van der Waals surface area contributed by atoms with Crippen LogP contribution in [0.1, 0.15) is 5.69 Å². The smallest absolute Gasteiger partial charge is 0.273 e. The van der Waals surface area contributed by atoms with Crippen LogP contribution in [0.5, 0.6) is 0 Å². The van der Waals surface area contributed by atoms with Gasteiger partial charge < -0.3 is 4.90 Å². The van der Waals surface area contributed by atoms with Gasteiger partial charge in [-0.25, -0.2) is 0 Å². The molecular formula is C13H15N3O. The average molecular weight is 229 g/mol. The van der Waals surface area contributed by atoms with Crippen molar-refractivity contribution in [1.29, 1.82) is 0 Å². The molecule has 0 aliphatic heterocycles. The maximum absolute atomic E-state index is 12.0. The standard InChI is InChI=1S/C13H15N3O/c1-10-12(15(2)3)9-13(17)16(14-10)11-7-5-4-6-8-11/h4-9H,1-3H3. The Hall–Kier alpha value is -2.10. The minimum atomic E-state index is -0.120. The quantitative estimate of drug-likeness (QED) is 0.785. The normalized spacial score (nSPS) is 10.3. The van der Waals surface area contributed by atoms with Crippen LogP contribution in [0.3, 0.4) is 0 Å². The molecule has 2 rings (SSSR count). The molecule has 0 N–H and O–H groups in total. The van der Waals surface area contributed by atoms with E-state index in [4.69, 9.17) is 0 Å². The number of anilines is 1. The van der Waals surface area contributed by atoms with Crippen molar-refractivity contribution in [2.75, 3.05) is 19.0 Å². The Morgan fingerprint density at radius 1 is 1.18 bits per heavy atom. The highest BCUT2D eigenvalue weighted by Crippen LogP contribution is 2.12. The predicted octanol–water partition coefficient (Wildman–Crippen LogP) is 1.61. The molecule has 4 nitrogen and oxygen atoms in total. The highest BCUT2D eigenvalue weighted by molar-refractivity contribution is 5.48. The summed E-state index contributed by atoms with van der Waals surface area (Å²) in [4.78, 5) is 13.9. The van der Waals surface area contributed by atoms with E-state index >= 15 is 0 Å². The number of benzene rings is 1. The summed E-state index contributed by atoms with van der Waals surface area (Å²) in [5.41, 5.74) is 2.34. The van der Waals surface area contributed by atoms with Gasteiger partial charge in [-0.1, -0.05) is 18.2 Å². The molecule has 0 unspecified atom stereocenters. The molecule has 1 aromatic heterocycles. The Morgan fingerprint density at radius 2 is 1.82 bits per heavy atom. The van der Waals surface area contributed by atoms with Crippen molar-refractivity contribution in [3.05, 3.63) is 52.4 Å². The lowest BCUT2D eigenvalue weighted by Crippen LogP contribution is -2.24. The number of para-hydroxylation sites is 1. The molecule has 0 bridgehead atoms. The number of nitrogens with zero attached hydrogens (tertiary/aromatic N) is 3. The number of aryl methyl sites for hydroxylation is 1. The SMILES string of the molecule is Cc1nn(-c2ccccc2)c(=O)cc1N(C)C. The van der Waals surface area contributed by atoms with Crippen LogP contribution in [0.25, 0.3) is 5.69 Å². The molecule has 0 spiro atoms. The number of rotatable bonds is 2.